The molecule has 26 heavy (non-hydrogen) atoms. The molecule has 0 bridgehead atoms. The Balaban J connectivity index is 1.69. The van der Waals surface area contributed by atoms with E-state index in [0.717, 1.165) is 45.7 Å². The molecule has 0 N–H and O–H groups in total. The third-order valence-corrected chi connectivity index (χ3v) is 5.89. The number of amidine groups is 1. The first-order chi connectivity index (χ1) is 12.2. The highest BCUT2D eigenvalue weighted by molar-refractivity contribution is 7.16. The van der Waals surface area contributed by atoms with Gasteiger partial charge in [0.2, 0.25) is 0 Å². The summed E-state index contributed by atoms with van der Waals surface area (Å²) in [6, 6.07) is 10.1. The topological polar surface area (TPSA) is 41.9 Å². The van der Waals surface area contributed by atoms with Crippen molar-refractivity contribution in [3.8, 4) is 5.75 Å². The molecule has 136 valence electrons. The van der Waals surface area contributed by atoms with Gasteiger partial charge in [-0.05, 0) is 71.4 Å². The highest BCUT2D eigenvalue weighted by Crippen LogP contribution is 2.47. The number of thiophene rings is 1. The molecule has 1 fully saturated rings. The Bertz CT molecular complexity index is 905. The maximum atomic E-state index is 13.1. The zero-order valence-electron chi connectivity index (χ0n) is 15.9. The molecule has 2 aromatic rings. The lowest BCUT2D eigenvalue weighted by atomic mass is 9.79. The number of aliphatic imine (C=N–C) groups is 1. The van der Waals surface area contributed by atoms with Crippen molar-refractivity contribution in [1.82, 2.24) is 0 Å². The summed E-state index contributed by atoms with van der Waals surface area (Å²) < 4.78 is 5.91. The Hall–Kier alpha value is -2.14. The number of hydrogen-bond acceptors (Lipinski definition) is 5. The molecule has 5 heteroatoms. The Morgan fingerprint density at radius 2 is 1.92 bits per heavy atom. The number of benzene rings is 1. The SMILES string of the molecule is Cc1cc2c(s1)N=C1N(c3ccc(OC(C)(C)C)cc3)CCC1(C)C2=O. The minimum atomic E-state index is -0.527. The van der Waals surface area contributed by atoms with Gasteiger partial charge in [0.25, 0.3) is 0 Å². The predicted molar refractivity (Wildman–Crippen MR) is 107 cm³/mol. The number of ether oxygens (including phenoxy) is 1. The van der Waals surface area contributed by atoms with E-state index < -0.39 is 5.41 Å². The van der Waals surface area contributed by atoms with Gasteiger partial charge in [0.05, 0.1) is 11.0 Å². The van der Waals surface area contributed by atoms with Gasteiger partial charge in [-0.15, -0.1) is 11.3 Å². The number of nitrogens with zero attached hydrogens (tertiary/aromatic N) is 2. The second-order valence-electron chi connectivity index (χ2n) is 8.28. The van der Waals surface area contributed by atoms with E-state index in [-0.39, 0.29) is 11.4 Å². The van der Waals surface area contributed by atoms with Crippen molar-refractivity contribution in [1.29, 1.82) is 0 Å². The van der Waals surface area contributed by atoms with Gasteiger partial charge < -0.3 is 9.64 Å². The van der Waals surface area contributed by atoms with Crippen LogP contribution in [0.25, 0.3) is 0 Å². The summed E-state index contributed by atoms with van der Waals surface area (Å²) in [6.07, 6.45) is 0.791. The van der Waals surface area contributed by atoms with Crippen molar-refractivity contribution >= 4 is 33.6 Å². The molecular weight excluding hydrogens is 344 g/mol. The molecule has 4 rings (SSSR count). The molecule has 1 aromatic heterocycles. The molecule has 4 nitrogen and oxygen atoms in total. The fraction of sp³-hybridized carbons (Fsp3) is 0.429. The van der Waals surface area contributed by atoms with E-state index in [1.54, 1.807) is 11.3 Å². The van der Waals surface area contributed by atoms with Crippen molar-refractivity contribution in [2.45, 2.75) is 46.6 Å². The van der Waals surface area contributed by atoms with Crippen molar-refractivity contribution < 1.29 is 9.53 Å². The lowest BCUT2D eigenvalue weighted by molar-refractivity contribution is 0.0888. The number of carbonyl (C=O) groups excluding carboxylic acids is 1. The summed E-state index contributed by atoms with van der Waals surface area (Å²) in [6.45, 7) is 11.0. The number of Topliss-reactive ketones (excluding diaryl/α,β-unsaturated/α-hetero) is 1. The van der Waals surface area contributed by atoms with Crippen LogP contribution in [0.1, 0.15) is 49.4 Å². The fourth-order valence-corrected chi connectivity index (χ4v) is 4.57. The van der Waals surface area contributed by atoms with Crippen LogP contribution >= 0.6 is 11.3 Å². The van der Waals surface area contributed by atoms with E-state index in [1.807, 2.05) is 52.8 Å². The van der Waals surface area contributed by atoms with Gasteiger partial charge in [-0.25, -0.2) is 4.99 Å². The molecule has 3 heterocycles. The Labute approximate surface area is 158 Å². The summed E-state index contributed by atoms with van der Waals surface area (Å²) in [5.74, 6) is 1.93. The molecular formula is C21H24N2O2S. The first-order valence-corrected chi connectivity index (χ1v) is 9.80. The Morgan fingerprint density at radius 1 is 1.23 bits per heavy atom. The molecule has 2 aliphatic rings. The minimum absolute atomic E-state index is 0.206. The lowest BCUT2D eigenvalue weighted by Crippen LogP contribution is -2.40. The normalized spacial score (nSPS) is 22.1. The summed E-state index contributed by atoms with van der Waals surface area (Å²) in [4.78, 5) is 21.3. The average molecular weight is 369 g/mol. The minimum Gasteiger partial charge on any atom is -0.488 e. The van der Waals surface area contributed by atoms with Crippen LogP contribution in [0.2, 0.25) is 0 Å². The van der Waals surface area contributed by atoms with E-state index in [2.05, 4.69) is 17.0 Å². The number of anilines is 1. The first kappa shape index (κ1) is 17.3. The van der Waals surface area contributed by atoms with E-state index in [0.29, 0.717) is 0 Å². The number of carbonyl (C=O) groups is 1. The molecule has 0 amide bonds. The third kappa shape index (κ3) is 2.75. The number of rotatable bonds is 2. The van der Waals surface area contributed by atoms with Crippen molar-refractivity contribution in [2.75, 3.05) is 11.4 Å². The molecule has 1 saturated heterocycles. The maximum Gasteiger partial charge on any atom is 0.179 e. The second kappa shape index (κ2) is 5.68. The van der Waals surface area contributed by atoms with E-state index in [1.165, 1.54) is 0 Å². The summed E-state index contributed by atoms with van der Waals surface area (Å²) in [5.41, 5.74) is 1.09. The van der Waals surface area contributed by atoms with E-state index >= 15 is 0 Å². The van der Waals surface area contributed by atoms with Crippen LogP contribution in [0, 0.1) is 12.3 Å². The molecule has 0 aliphatic carbocycles. The number of fused-ring (bicyclic) bond motifs is 2. The Morgan fingerprint density at radius 3 is 2.58 bits per heavy atom. The number of hydrogen-bond donors (Lipinski definition) is 0. The van der Waals surface area contributed by atoms with Gasteiger partial charge in [-0.2, -0.15) is 0 Å². The van der Waals surface area contributed by atoms with Gasteiger partial charge in [0, 0.05) is 17.1 Å². The summed E-state index contributed by atoms with van der Waals surface area (Å²) in [7, 11) is 0. The van der Waals surface area contributed by atoms with Crippen molar-refractivity contribution in [3.63, 3.8) is 0 Å². The standard InChI is InChI=1S/C21H24N2O2S/c1-13-12-16-17(24)21(5)10-11-23(19(21)22-18(16)26-13)14-6-8-15(9-7-14)25-20(2,3)4/h6-9,12H,10-11H2,1-5H3. The van der Waals surface area contributed by atoms with Crippen LogP contribution in [0.3, 0.4) is 0 Å². The van der Waals surface area contributed by atoms with Crippen LogP contribution in [0.15, 0.2) is 35.3 Å². The Kier molecular flexibility index (Phi) is 3.77. The highest BCUT2D eigenvalue weighted by Gasteiger charge is 2.50. The first-order valence-electron chi connectivity index (χ1n) is 8.98. The molecule has 1 aromatic carbocycles. The molecule has 2 aliphatic heterocycles. The van der Waals surface area contributed by atoms with Crippen molar-refractivity contribution in [2.24, 2.45) is 10.4 Å². The van der Waals surface area contributed by atoms with Gasteiger partial charge in [0.1, 0.15) is 22.2 Å². The number of aryl methyl sites for hydroxylation is 1. The van der Waals surface area contributed by atoms with Gasteiger partial charge in [-0.1, -0.05) is 0 Å². The van der Waals surface area contributed by atoms with Gasteiger partial charge in [-0.3, -0.25) is 4.79 Å². The summed E-state index contributed by atoms with van der Waals surface area (Å²) in [5, 5.41) is 0.847. The monoisotopic (exact) mass is 368 g/mol. The van der Waals surface area contributed by atoms with Crippen LogP contribution in [0.4, 0.5) is 10.7 Å². The van der Waals surface area contributed by atoms with Gasteiger partial charge >= 0.3 is 0 Å². The molecule has 0 saturated carbocycles. The smallest absolute Gasteiger partial charge is 0.179 e. The molecule has 0 radical (unpaired) electrons. The highest BCUT2D eigenvalue weighted by atomic mass is 32.1. The van der Waals surface area contributed by atoms with Gasteiger partial charge in [0.15, 0.2) is 5.78 Å². The van der Waals surface area contributed by atoms with Crippen LogP contribution < -0.4 is 9.64 Å². The second-order valence-corrected chi connectivity index (χ2v) is 9.52. The predicted octanol–water partition coefficient (Wildman–Crippen LogP) is 5.38. The fourth-order valence-electron chi connectivity index (χ4n) is 3.69. The zero-order valence-corrected chi connectivity index (χ0v) is 16.7. The molecule has 0 spiro atoms. The molecule has 1 atom stereocenters. The van der Waals surface area contributed by atoms with Crippen LogP contribution in [-0.4, -0.2) is 23.8 Å². The van der Waals surface area contributed by atoms with Crippen molar-refractivity contribution in [3.05, 3.63) is 40.8 Å². The largest absolute Gasteiger partial charge is 0.488 e. The van der Waals surface area contributed by atoms with E-state index in [9.17, 15) is 4.79 Å². The van der Waals surface area contributed by atoms with E-state index in [4.69, 9.17) is 9.73 Å². The number of ketones is 1. The van der Waals surface area contributed by atoms with Crippen LogP contribution in [-0.2, 0) is 0 Å². The zero-order chi connectivity index (χ0) is 18.7. The quantitative estimate of drug-likeness (QED) is 0.715. The van der Waals surface area contributed by atoms with Crippen LogP contribution in [0.5, 0.6) is 5.75 Å². The third-order valence-electron chi connectivity index (χ3n) is 4.95. The average Bonchev–Trinajstić information content (AvgIpc) is 3.08. The molecule has 1 unspecified atom stereocenters. The lowest BCUT2D eigenvalue weighted by Gasteiger charge is -2.30. The summed E-state index contributed by atoms with van der Waals surface area (Å²) >= 11 is 1.59. The maximum absolute atomic E-state index is 13.1.